The van der Waals surface area contributed by atoms with E-state index >= 15 is 0 Å². The summed E-state index contributed by atoms with van der Waals surface area (Å²) >= 11 is 8.96. The van der Waals surface area contributed by atoms with E-state index in [2.05, 4.69) is 36.0 Å². The highest BCUT2D eigenvalue weighted by atomic mass is 79.9. The molecule has 12 heteroatoms. The average Bonchev–Trinajstić information content (AvgIpc) is 2.62. The molecule has 3 aromatic rings. The first-order valence-electron chi connectivity index (χ1n) is 7.95. The van der Waals surface area contributed by atoms with Crippen molar-refractivity contribution in [1.82, 2.24) is 9.97 Å². The fraction of sp³-hybridized carbons (Fsp3) is 0.111. The normalized spacial score (nSPS) is 12.0. The fourth-order valence-electron chi connectivity index (χ4n) is 2.35. The molecule has 0 amide bonds. The summed E-state index contributed by atoms with van der Waals surface area (Å²) in [6, 6.07) is 9.29. The first-order chi connectivity index (χ1) is 13.9. The van der Waals surface area contributed by atoms with Gasteiger partial charge in [0.15, 0.2) is 5.82 Å². The number of alkyl halides is 6. The van der Waals surface area contributed by atoms with Crippen LogP contribution in [0.3, 0.4) is 0 Å². The molecule has 0 saturated heterocycles. The van der Waals surface area contributed by atoms with Gasteiger partial charge in [-0.25, -0.2) is 9.97 Å². The molecule has 0 atom stereocenters. The van der Waals surface area contributed by atoms with Crippen LogP contribution in [0.15, 0.2) is 53.0 Å². The minimum atomic E-state index is -4.84. The Balaban J connectivity index is 1.85. The van der Waals surface area contributed by atoms with Crippen molar-refractivity contribution < 1.29 is 31.1 Å². The van der Waals surface area contributed by atoms with E-state index in [-0.39, 0.29) is 21.3 Å². The van der Waals surface area contributed by atoms with Gasteiger partial charge in [-0.05, 0) is 46.3 Å². The topological polar surface area (TPSA) is 47.0 Å². The van der Waals surface area contributed by atoms with Gasteiger partial charge in [-0.3, -0.25) is 0 Å². The lowest BCUT2D eigenvalue weighted by Crippen LogP contribution is -2.17. The van der Waals surface area contributed by atoms with Gasteiger partial charge in [0.05, 0.1) is 10.0 Å². The molecule has 2 aromatic carbocycles. The summed E-state index contributed by atoms with van der Waals surface area (Å²) in [5.41, 5.74) is -0.175. The van der Waals surface area contributed by atoms with Crippen LogP contribution >= 0.6 is 27.5 Å². The molecular formula is C18H9BrClF6N3O. The zero-order chi connectivity index (χ0) is 22.1. The van der Waals surface area contributed by atoms with Crippen molar-refractivity contribution in [3.63, 3.8) is 0 Å². The average molecular weight is 513 g/mol. The Morgan fingerprint density at radius 3 is 2.13 bits per heavy atom. The van der Waals surface area contributed by atoms with Gasteiger partial charge >= 0.3 is 12.5 Å². The standard InChI is InChI=1S/C18H9BrClF6N3O/c19-12-7-11(5-6-13(12)30-18(24,25)26)27-15-8-14(20)28-16(29-15)9-1-3-10(4-2-9)17(21,22)23/h1-8H,(H,27,28,29). The SMILES string of the molecule is FC(F)(F)Oc1ccc(Nc2cc(Cl)nc(-c3ccc(C(F)(F)F)cc3)n2)cc1Br. The highest BCUT2D eigenvalue weighted by Gasteiger charge is 2.32. The Kier molecular flexibility index (Phi) is 6.14. The van der Waals surface area contributed by atoms with Crippen molar-refractivity contribution in [3.8, 4) is 17.1 Å². The monoisotopic (exact) mass is 511 g/mol. The predicted octanol–water partition coefficient (Wildman–Crippen LogP) is 7.22. The number of hydrogen-bond donors (Lipinski definition) is 1. The van der Waals surface area contributed by atoms with Crippen molar-refractivity contribution in [1.29, 1.82) is 0 Å². The van der Waals surface area contributed by atoms with Crippen LogP contribution in [0.4, 0.5) is 37.8 Å². The van der Waals surface area contributed by atoms with E-state index in [0.717, 1.165) is 18.2 Å². The van der Waals surface area contributed by atoms with Crippen LogP contribution in [0.5, 0.6) is 5.75 Å². The van der Waals surface area contributed by atoms with E-state index in [0.29, 0.717) is 11.3 Å². The Bertz CT molecular complexity index is 1060. The number of nitrogens with one attached hydrogen (secondary N) is 1. The van der Waals surface area contributed by atoms with E-state index in [1.165, 1.54) is 30.3 Å². The van der Waals surface area contributed by atoms with Crippen LogP contribution in [0, 0.1) is 0 Å². The van der Waals surface area contributed by atoms with Gasteiger partial charge in [-0.1, -0.05) is 23.7 Å². The van der Waals surface area contributed by atoms with Crippen LogP contribution in [-0.4, -0.2) is 16.3 Å². The lowest BCUT2D eigenvalue weighted by atomic mass is 10.1. The van der Waals surface area contributed by atoms with Crippen LogP contribution < -0.4 is 10.1 Å². The number of ether oxygens (including phenoxy) is 1. The summed E-state index contributed by atoms with van der Waals surface area (Å²) in [5, 5.41) is 2.85. The predicted molar refractivity (Wildman–Crippen MR) is 102 cm³/mol. The van der Waals surface area contributed by atoms with Gasteiger partial charge in [0.1, 0.15) is 16.7 Å². The zero-order valence-corrected chi connectivity index (χ0v) is 16.8. The van der Waals surface area contributed by atoms with Crippen LogP contribution in [0.2, 0.25) is 5.15 Å². The van der Waals surface area contributed by atoms with Crippen LogP contribution in [0.25, 0.3) is 11.4 Å². The molecule has 4 nitrogen and oxygen atoms in total. The second kappa shape index (κ2) is 8.31. The van der Waals surface area contributed by atoms with E-state index in [1.54, 1.807) is 0 Å². The molecule has 0 spiro atoms. The first-order valence-corrected chi connectivity index (χ1v) is 9.12. The van der Waals surface area contributed by atoms with Crippen LogP contribution in [-0.2, 0) is 6.18 Å². The maximum Gasteiger partial charge on any atom is 0.573 e. The van der Waals surface area contributed by atoms with Crippen molar-refractivity contribution >= 4 is 39.0 Å². The first kappa shape index (κ1) is 22.2. The van der Waals surface area contributed by atoms with Gasteiger partial charge in [0, 0.05) is 17.3 Å². The minimum Gasteiger partial charge on any atom is -0.405 e. The summed E-state index contributed by atoms with van der Waals surface area (Å²) in [7, 11) is 0. The molecule has 158 valence electrons. The molecule has 0 saturated carbocycles. The lowest BCUT2D eigenvalue weighted by molar-refractivity contribution is -0.274. The van der Waals surface area contributed by atoms with Crippen LogP contribution in [0.1, 0.15) is 5.56 Å². The molecule has 3 rings (SSSR count). The summed E-state index contributed by atoms with van der Waals surface area (Å²) in [6.45, 7) is 0. The molecule has 0 fully saturated rings. The van der Waals surface area contributed by atoms with Gasteiger partial charge in [0.2, 0.25) is 0 Å². The lowest BCUT2D eigenvalue weighted by Gasteiger charge is -2.13. The number of anilines is 2. The molecule has 0 bridgehead atoms. The molecule has 30 heavy (non-hydrogen) atoms. The molecule has 1 heterocycles. The van der Waals surface area contributed by atoms with Crippen molar-refractivity contribution in [2.45, 2.75) is 12.5 Å². The van der Waals surface area contributed by atoms with E-state index < -0.39 is 23.9 Å². The number of rotatable bonds is 4. The van der Waals surface area contributed by atoms with Gasteiger partial charge in [-0.15, -0.1) is 13.2 Å². The molecule has 0 aliphatic heterocycles. The second-order valence-electron chi connectivity index (χ2n) is 5.79. The number of benzene rings is 2. The molecule has 0 unspecified atom stereocenters. The van der Waals surface area contributed by atoms with Gasteiger partial charge < -0.3 is 10.1 Å². The molecular weight excluding hydrogens is 504 g/mol. The summed E-state index contributed by atoms with van der Waals surface area (Å²) in [6.07, 6.45) is -9.32. The summed E-state index contributed by atoms with van der Waals surface area (Å²) in [5.74, 6) is -0.185. The summed E-state index contributed by atoms with van der Waals surface area (Å²) < 4.78 is 79.1. The molecule has 1 aromatic heterocycles. The smallest absolute Gasteiger partial charge is 0.405 e. The largest absolute Gasteiger partial charge is 0.573 e. The van der Waals surface area contributed by atoms with E-state index in [1.807, 2.05) is 0 Å². The third-order valence-electron chi connectivity index (χ3n) is 3.60. The fourth-order valence-corrected chi connectivity index (χ4v) is 3.00. The summed E-state index contributed by atoms with van der Waals surface area (Å²) in [4.78, 5) is 8.18. The van der Waals surface area contributed by atoms with E-state index in [9.17, 15) is 26.3 Å². The van der Waals surface area contributed by atoms with Crippen molar-refractivity contribution in [2.24, 2.45) is 0 Å². The molecule has 0 aliphatic carbocycles. The number of hydrogen-bond acceptors (Lipinski definition) is 4. The number of aromatic nitrogens is 2. The zero-order valence-electron chi connectivity index (χ0n) is 14.4. The Morgan fingerprint density at radius 2 is 1.57 bits per heavy atom. The maximum absolute atomic E-state index is 12.7. The maximum atomic E-state index is 12.7. The highest BCUT2D eigenvalue weighted by molar-refractivity contribution is 9.10. The number of nitrogens with zero attached hydrogens (tertiary/aromatic N) is 2. The third kappa shape index (κ3) is 5.76. The highest BCUT2D eigenvalue weighted by Crippen LogP contribution is 2.34. The van der Waals surface area contributed by atoms with Gasteiger partial charge in [-0.2, -0.15) is 13.2 Å². The third-order valence-corrected chi connectivity index (χ3v) is 4.41. The Hall–Kier alpha value is -2.53. The molecule has 0 aliphatic rings. The van der Waals surface area contributed by atoms with Crippen molar-refractivity contribution in [3.05, 3.63) is 63.7 Å². The second-order valence-corrected chi connectivity index (χ2v) is 7.03. The Labute approximate surface area is 179 Å². The minimum absolute atomic E-state index is 0.0125. The van der Waals surface area contributed by atoms with Crippen molar-refractivity contribution in [2.75, 3.05) is 5.32 Å². The molecule has 1 N–H and O–H groups in total. The van der Waals surface area contributed by atoms with Gasteiger partial charge in [0.25, 0.3) is 0 Å². The molecule has 0 radical (unpaired) electrons. The van der Waals surface area contributed by atoms with E-state index in [4.69, 9.17) is 11.6 Å². The quantitative estimate of drug-likeness (QED) is 0.296. The number of halogens is 8. The Morgan fingerprint density at radius 1 is 0.900 bits per heavy atom.